The molecular formula is C26H38N2O2. The van der Waals surface area contributed by atoms with E-state index in [1.165, 1.54) is 19.3 Å². The highest BCUT2D eigenvalue weighted by Crippen LogP contribution is 2.66. The Morgan fingerprint density at radius 2 is 1.87 bits per heavy atom. The van der Waals surface area contributed by atoms with Gasteiger partial charge >= 0.3 is 0 Å². The molecule has 4 nitrogen and oxygen atoms in total. The van der Waals surface area contributed by atoms with E-state index in [4.69, 9.17) is 0 Å². The summed E-state index contributed by atoms with van der Waals surface area (Å²) < 4.78 is 1.92. The van der Waals surface area contributed by atoms with Crippen LogP contribution in [0.25, 0.3) is 6.08 Å². The van der Waals surface area contributed by atoms with Crippen LogP contribution < -0.4 is 0 Å². The van der Waals surface area contributed by atoms with Crippen LogP contribution in [0.2, 0.25) is 0 Å². The highest BCUT2D eigenvalue weighted by Gasteiger charge is 2.61. The Balaban J connectivity index is 1.47. The van der Waals surface area contributed by atoms with Crippen LogP contribution in [0, 0.1) is 48.3 Å². The number of allylic oxidation sites excluding steroid dienone is 1. The minimum Gasteiger partial charge on any atom is -0.393 e. The Bertz CT molecular complexity index is 914. The van der Waals surface area contributed by atoms with Gasteiger partial charge in [-0.1, -0.05) is 13.8 Å². The van der Waals surface area contributed by atoms with Crippen molar-refractivity contribution in [2.24, 2.45) is 41.5 Å². The van der Waals surface area contributed by atoms with Crippen molar-refractivity contribution in [3.63, 3.8) is 0 Å². The molecule has 0 aliphatic heterocycles. The van der Waals surface area contributed by atoms with Crippen LogP contribution in [-0.2, 0) is 11.8 Å². The van der Waals surface area contributed by atoms with Crippen LogP contribution in [0.15, 0.2) is 5.57 Å². The molecule has 0 saturated heterocycles. The lowest BCUT2D eigenvalue weighted by molar-refractivity contribution is -0.141. The lowest BCUT2D eigenvalue weighted by Crippen LogP contribution is -2.54. The molecule has 4 heteroatoms. The lowest BCUT2D eigenvalue weighted by Gasteiger charge is -2.59. The number of Topliss-reactive ketones (excluding diaryl/α,β-unsaturated/α-hetero) is 1. The number of fused-ring (bicyclic) bond motifs is 5. The maximum absolute atomic E-state index is 13.6. The maximum Gasteiger partial charge on any atom is 0.165 e. The molecule has 0 unspecified atom stereocenters. The van der Waals surface area contributed by atoms with Crippen LogP contribution in [-0.4, -0.2) is 26.8 Å². The summed E-state index contributed by atoms with van der Waals surface area (Å²) in [6, 6.07) is 0. The highest BCUT2D eigenvalue weighted by atomic mass is 16.3. The van der Waals surface area contributed by atoms with Gasteiger partial charge in [0.25, 0.3) is 0 Å². The molecular weight excluding hydrogens is 372 g/mol. The number of hydrogen-bond donors (Lipinski definition) is 1. The molecule has 4 aliphatic carbocycles. The zero-order valence-corrected chi connectivity index (χ0v) is 19.4. The SMILES string of the molecule is Cc1nn(C)c(C)c1/C=C1/C[C@@H]2[C@H]3CC[C@H]4C[C@H](O)CC[C@]4(C)[C@@H]3CC[C@@]2(C)C1=O. The molecule has 1 aromatic heterocycles. The molecule has 5 rings (SSSR count). The van der Waals surface area contributed by atoms with E-state index >= 15 is 0 Å². The van der Waals surface area contributed by atoms with E-state index in [2.05, 4.69) is 31.9 Å². The van der Waals surface area contributed by atoms with Crippen LogP contribution in [0.4, 0.5) is 0 Å². The summed E-state index contributed by atoms with van der Waals surface area (Å²) in [4.78, 5) is 13.6. The van der Waals surface area contributed by atoms with Crippen molar-refractivity contribution in [2.75, 3.05) is 0 Å². The number of carbonyl (C=O) groups is 1. The normalized spacial score (nSPS) is 44.7. The zero-order valence-electron chi connectivity index (χ0n) is 19.4. The number of aromatic nitrogens is 2. The Labute approximate surface area is 181 Å². The summed E-state index contributed by atoms with van der Waals surface area (Å²) in [5, 5.41) is 14.8. The predicted molar refractivity (Wildman–Crippen MR) is 119 cm³/mol. The number of carbonyl (C=O) groups excluding carboxylic acids is 1. The third-order valence-electron chi connectivity index (χ3n) is 10.2. The standard InChI is InChI=1S/C26H38N2O2/c1-15-21(16(2)28(5)27-15)12-17-13-23-20-7-6-18-14-19(29)8-10-25(18,3)22(20)9-11-26(23,4)24(17)30/h12,18-20,22-23,29H,6-11,13-14H2,1-5H3/b17-12-/t18-,19+,20-,22+,23+,25-,26+/m0/s1. The summed E-state index contributed by atoms with van der Waals surface area (Å²) in [7, 11) is 1.98. The van der Waals surface area contributed by atoms with Crippen molar-refractivity contribution < 1.29 is 9.90 Å². The van der Waals surface area contributed by atoms with Gasteiger partial charge in [0.2, 0.25) is 0 Å². The second kappa shape index (κ2) is 6.79. The van der Waals surface area contributed by atoms with Gasteiger partial charge in [-0.15, -0.1) is 0 Å². The Morgan fingerprint density at radius 3 is 2.57 bits per heavy atom. The summed E-state index contributed by atoms with van der Waals surface area (Å²) >= 11 is 0. The second-order valence-corrected chi connectivity index (χ2v) is 11.5. The first-order valence-corrected chi connectivity index (χ1v) is 12.1. The van der Waals surface area contributed by atoms with Crippen molar-refractivity contribution >= 4 is 11.9 Å². The largest absolute Gasteiger partial charge is 0.393 e. The summed E-state index contributed by atoms with van der Waals surface area (Å²) in [6.07, 6.45) is 10.8. The molecule has 1 aromatic rings. The molecule has 164 valence electrons. The minimum atomic E-state index is -0.186. The Hall–Kier alpha value is -1.42. The molecule has 0 spiro atoms. The van der Waals surface area contributed by atoms with Gasteiger partial charge in [0, 0.05) is 23.7 Å². The van der Waals surface area contributed by atoms with Crippen molar-refractivity contribution in [3.8, 4) is 0 Å². The average molecular weight is 411 g/mol. The number of ketones is 1. The third kappa shape index (κ3) is 2.75. The van der Waals surface area contributed by atoms with Crippen molar-refractivity contribution in [3.05, 3.63) is 22.5 Å². The Morgan fingerprint density at radius 1 is 1.10 bits per heavy atom. The quantitative estimate of drug-likeness (QED) is 0.663. The molecule has 4 aliphatic rings. The predicted octanol–water partition coefficient (Wildman–Crippen LogP) is 5.00. The van der Waals surface area contributed by atoms with Gasteiger partial charge in [-0.3, -0.25) is 9.48 Å². The van der Waals surface area contributed by atoms with E-state index in [1.54, 1.807) is 0 Å². The smallest absolute Gasteiger partial charge is 0.165 e. The summed E-state index contributed by atoms with van der Waals surface area (Å²) in [6.45, 7) is 8.91. The van der Waals surface area contributed by atoms with Gasteiger partial charge in [-0.05, 0) is 106 Å². The van der Waals surface area contributed by atoms with Gasteiger partial charge in [0.15, 0.2) is 5.78 Å². The molecule has 1 heterocycles. The van der Waals surface area contributed by atoms with Gasteiger partial charge < -0.3 is 5.11 Å². The van der Waals surface area contributed by atoms with Gasteiger partial charge in [-0.2, -0.15) is 5.10 Å². The van der Waals surface area contributed by atoms with E-state index in [1.807, 2.05) is 18.7 Å². The van der Waals surface area contributed by atoms with E-state index in [0.717, 1.165) is 60.5 Å². The number of aryl methyl sites for hydroxylation is 2. The topological polar surface area (TPSA) is 55.1 Å². The summed E-state index contributed by atoms with van der Waals surface area (Å²) in [5.74, 6) is 2.93. The molecule has 0 amide bonds. The summed E-state index contributed by atoms with van der Waals surface area (Å²) in [5.41, 5.74) is 4.50. The van der Waals surface area contributed by atoms with Crippen LogP contribution in [0.3, 0.4) is 0 Å². The molecule has 0 radical (unpaired) electrons. The number of hydrogen-bond acceptors (Lipinski definition) is 3. The van der Waals surface area contributed by atoms with Gasteiger partial charge in [-0.25, -0.2) is 0 Å². The monoisotopic (exact) mass is 410 g/mol. The lowest BCUT2D eigenvalue weighted by atomic mass is 9.45. The van der Waals surface area contributed by atoms with Gasteiger partial charge in [0.1, 0.15) is 0 Å². The molecule has 4 fully saturated rings. The molecule has 0 aromatic carbocycles. The van der Waals surface area contributed by atoms with E-state index in [-0.39, 0.29) is 11.5 Å². The number of aliphatic hydroxyl groups excluding tert-OH is 1. The van der Waals surface area contributed by atoms with E-state index < -0.39 is 0 Å². The van der Waals surface area contributed by atoms with Gasteiger partial charge in [0.05, 0.1) is 11.8 Å². The van der Waals surface area contributed by atoms with Crippen LogP contribution in [0.5, 0.6) is 0 Å². The van der Waals surface area contributed by atoms with Crippen LogP contribution in [0.1, 0.15) is 82.2 Å². The molecule has 1 N–H and O–H groups in total. The third-order valence-corrected chi connectivity index (χ3v) is 10.2. The number of nitrogens with zero attached hydrogens (tertiary/aromatic N) is 2. The van der Waals surface area contributed by atoms with E-state index in [9.17, 15) is 9.90 Å². The second-order valence-electron chi connectivity index (χ2n) is 11.5. The first kappa shape index (κ1) is 20.5. The first-order valence-electron chi connectivity index (χ1n) is 12.1. The van der Waals surface area contributed by atoms with Crippen molar-refractivity contribution in [1.82, 2.24) is 9.78 Å². The fraction of sp³-hybridized carbons (Fsp3) is 0.769. The molecule has 7 atom stereocenters. The molecule has 0 bridgehead atoms. The zero-order chi connectivity index (χ0) is 21.4. The fourth-order valence-electron chi connectivity index (χ4n) is 8.21. The van der Waals surface area contributed by atoms with Crippen LogP contribution >= 0.6 is 0 Å². The number of rotatable bonds is 1. The van der Waals surface area contributed by atoms with Crippen molar-refractivity contribution in [1.29, 1.82) is 0 Å². The maximum atomic E-state index is 13.6. The fourth-order valence-corrected chi connectivity index (χ4v) is 8.21. The highest BCUT2D eigenvalue weighted by molar-refractivity contribution is 6.06. The van der Waals surface area contributed by atoms with Crippen molar-refractivity contribution in [2.45, 2.75) is 85.2 Å². The first-order chi connectivity index (χ1) is 14.1. The van der Waals surface area contributed by atoms with E-state index in [0.29, 0.717) is 29.0 Å². The molecule has 30 heavy (non-hydrogen) atoms. The minimum absolute atomic E-state index is 0.0953. The average Bonchev–Trinajstić information content (AvgIpc) is 3.10. The molecule has 4 saturated carbocycles. The Kier molecular flexibility index (Phi) is 4.63. The number of aliphatic hydroxyl groups is 1.